The van der Waals surface area contributed by atoms with E-state index < -0.39 is 18.6 Å². The SMILES string of the molecule is CC(C)CN(C)[C@H](CNC(=O)c1ccc(Cl)s1)C(=O)Nc1ccc(N2CCOCC2=O)cc1OC(F)F. The molecule has 0 unspecified atom stereocenters. The first-order chi connectivity index (χ1) is 17.5. The molecular weight excluding hydrogens is 530 g/mol. The zero-order chi connectivity index (χ0) is 27.1. The molecule has 0 saturated carbocycles. The first kappa shape index (κ1) is 28.8. The van der Waals surface area contributed by atoms with E-state index in [1.807, 2.05) is 13.8 Å². The lowest BCUT2D eigenvalue weighted by atomic mass is 10.1. The maximum Gasteiger partial charge on any atom is 0.387 e. The van der Waals surface area contributed by atoms with Gasteiger partial charge in [0.1, 0.15) is 12.6 Å². The summed E-state index contributed by atoms with van der Waals surface area (Å²) in [5.41, 5.74) is 0.353. The third kappa shape index (κ3) is 8.09. The van der Waals surface area contributed by atoms with E-state index in [-0.39, 0.29) is 48.9 Å². The number of anilines is 2. The number of carbonyl (C=O) groups excluding carboxylic acids is 3. The Morgan fingerprint density at radius 1 is 1.27 bits per heavy atom. The number of amides is 3. The largest absolute Gasteiger partial charge is 0.433 e. The lowest BCUT2D eigenvalue weighted by Gasteiger charge is -2.29. The van der Waals surface area contributed by atoms with E-state index in [1.165, 1.54) is 23.1 Å². The quantitative estimate of drug-likeness (QED) is 0.436. The highest BCUT2D eigenvalue weighted by molar-refractivity contribution is 7.18. The van der Waals surface area contributed by atoms with Gasteiger partial charge >= 0.3 is 6.61 Å². The van der Waals surface area contributed by atoms with Gasteiger partial charge in [-0.2, -0.15) is 8.78 Å². The average molecular weight is 559 g/mol. The number of nitrogens with zero attached hydrogens (tertiary/aromatic N) is 2. The zero-order valence-electron chi connectivity index (χ0n) is 20.6. The number of ether oxygens (including phenoxy) is 2. The van der Waals surface area contributed by atoms with Crippen molar-refractivity contribution in [2.24, 2.45) is 5.92 Å². The predicted molar refractivity (Wildman–Crippen MR) is 138 cm³/mol. The zero-order valence-corrected chi connectivity index (χ0v) is 22.2. The third-order valence-corrected chi connectivity index (χ3v) is 6.71. The van der Waals surface area contributed by atoms with E-state index in [0.717, 1.165) is 11.3 Å². The minimum absolute atomic E-state index is 0.00840. The maximum absolute atomic E-state index is 13.3. The normalized spacial score (nSPS) is 14.8. The maximum atomic E-state index is 13.3. The highest BCUT2D eigenvalue weighted by atomic mass is 35.5. The number of alkyl halides is 2. The number of thiophene rings is 1. The molecule has 2 heterocycles. The van der Waals surface area contributed by atoms with Crippen molar-refractivity contribution >= 4 is 52.0 Å². The fourth-order valence-corrected chi connectivity index (χ4v) is 4.81. The first-order valence-electron chi connectivity index (χ1n) is 11.6. The van der Waals surface area contributed by atoms with Crippen LogP contribution in [0.4, 0.5) is 20.2 Å². The van der Waals surface area contributed by atoms with Crippen molar-refractivity contribution in [2.75, 3.05) is 50.1 Å². The lowest BCUT2D eigenvalue weighted by molar-refractivity contribution is -0.125. The number of hydrogen-bond donors (Lipinski definition) is 2. The van der Waals surface area contributed by atoms with Crippen LogP contribution in [0.25, 0.3) is 0 Å². The summed E-state index contributed by atoms with van der Waals surface area (Å²) in [5, 5.41) is 5.38. The summed E-state index contributed by atoms with van der Waals surface area (Å²) < 4.78 is 36.6. The lowest BCUT2D eigenvalue weighted by Crippen LogP contribution is -2.50. The Hall–Kier alpha value is -2.80. The molecule has 13 heteroatoms. The van der Waals surface area contributed by atoms with Crippen LogP contribution >= 0.6 is 22.9 Å². The summed E-state index contributed by atoms with van der Waals surface area (Å²) in [7, 11) is 1.74. The molecule has 0 bridgehead atoms. The Labute approximate surface area is 222 Å². The number of morpholine rings is 1. The summed E-state index contributed by atoms with van der Waals surface area (Å²) in [4.78, 5) is 41.6. The molecule has 1 aliphatic heterocycles. The van der Waals surface area contributed by atoms with E-state index in [4.69, 9.17) is 16.3 Å². The second-order valence-corrected chi connectivity index (χ2v) is 10.5. The summed E-state index contributed by atoms with van der Waals surface area (Å²) in [5.74, 6) is -1.29. The molecule has 1 aliphatic rings. The van der Waals surface area contributed by atoms with Crippen LogP contribution in [0.15, 0.2) is 30.3 Å². The van der Waals surface area contributed by atoms with Crippen molar-refractivity contribution in [3.05, 3.63) is 39.5 Å². The van der Waals surface area contributed by atoms with Crippen LogP contribution < -0.4 is 20.3 Å². The second-order valence-electron chi connectivity index (χ2n) is 8.81. The molecule has 3 rings (SSSR count). The number of carbonyl (C=O) groups is 3. The van der Waals surface area contributed by atoms with Gasteiger partial charge < -0.3 is 25.0 Å². The number of benzene rings is 1. The monoisotopic (exact) mass is 558 g/mol. The summed E-state index contributed by atoms with van der Waals surface area (Å²) in [6, 6.07) is 6.59. The van der Waals surface area contributed by atoms with Gasteiger partial charge in [-0.3, -0.25) is 19.3 Å². The van der Waals surface area contributed by atoms with Crippen LogP contribution in [-0.2, 0) is 14.3 Å². The number of halogens is 3. The topological polar surface area (TPSA) is 100 Å². The Morgan fingerprint density at radius 2 is 2.03 bits per heavy atom. The number of hydrogen-bond acceptors (Lipinski definition) is 7. The van der Waals surface area contributed by atoms with Crippen molar-refractivity contribution in [3.63, 3.8) is 0 Å². The van der Waals surface area contributed by atoms with Crippen LogP contribution in [0.2, 0.25) is 4.34 Å². The van der Waals surface area contributed by atoms with Crippen molar-refractivity contribution in [2.45, 2.75) is 26.5 Å². The molecular formula is C24H29ClF2N4O5S. The third-order valence-electron chi connectivity index (χ3n) is 5.48. The summed E-state index contributed by atoms with van der Waals surface area (Å²) in [6.07, 6.45) is 0. The number of likely N-dealkylation sites (N-methyl/N-ethyl adjacent to an activating group) is 1. The Bertz CT molecular complexity index is 1120. The van der Waals surface area contributed by atoms with E-state index in [9.17, 15) is 23.2 Å². The second kappa shape index (κ2) is 13.1. The molecule has 2 aromatic rings. The van der Waals surface area contributed by atoms with Gasteiger partial charge in [0.15, 0.2) is 5.75 Å². The van der Waals surface area contributed by atoms with Crippen LogP contribution in [0.3, 0.4) is 0 Å². The summed E-state index contributed by atoms with van der Waals surface area (Å²) in [6.45, 7) is 1.78. The van der Waals surface area contributed by atoms with Crippen LogP contribution in [0.5, 0.6) is 5.75 Å². The standard InChI is InChI=1S/C24H29ClF2N4O5S/c1-14(2)12-30(3)17(11-28-23(34)19-6-7-20(25)37-19)22(33)29-16-5-4-15(10-18(16)36-24(26)27)31-8-9-35-13-21(31)32/h4-7,10,14,17,24H,8-9,11-13H2,1-3H3,(H,28,34)(H,29,33)/t17-/m1/s1. The molecule has 37 heavy (non-hydrogen) atoms. The Balaban J connectivity index is 1.80. The molecule has 1 atom stereocenters. The molecule has 9 nitrogen and oxygen atoms in total. The van der Waals surface area contributed by atoms with Crippen LogP contribution in [0.1, 0.15) is 23.5 Å². The minimum atomic E-state index is -3.15. The smallest absolute Gasteiger partial charge is 0.387 e. The molecule has 1 saturated heterocycles. The fraction of sp³-hybridized carbons (Fsp3) is 0.458. The van der Waals surface area contributed by atoms with Gasteiger partial charge in [-0.05, 0) is 37.2 Å². The van der Waals surface area contributed by atoms with Crippen molar-refractivity contribution in [3.8, 4) is 5.75 Å². The van der Waals surface area contributed by atoms with Gasteiger partial charge in [0, 0.05) is 31.4 Å². The highest BCUT2D eigenvalue weighted by Gasteiger charge is 2.27. The minimum Gasteiger partial charge on any atom is -0.433 e. The molecule has 2 N–H and O–H groups in total. The average Bonchev–Trinajstić information content (AvgIpc) is 3.26. The molecule has 1 aromatic heterocycles. The van der Waals surface area contributed by atoms with Gasteiger partial charge in [-0.25, -0.2) is 0 Å². The molecule has 0 spiro atoms. The molecule has 1 fully saturated rings. The number of rotatable bonds is 11. The van der Waals surface area contributed by atoms with E-state index in [2.05, 4.69) is 15.4 Å². The molecule has 0 aliphatic carbocycles. The molecule has 3 amide bonds. The highest BCUT2D eigenvalue weighted by Crippen LogP contribution is 2.32. The number of nitrogens with one attached hydrogen (secondary N) is 2. The predicted octanol–water partition coefficient (Wildman–Crippen LogP) is 3.69. The van der Waals surface area contributed by atoms with Crippen LogP contribution in [-0.4, -0.2) is 75.2 Å². The molecule has 202 valence electrons. The van der Waals surface area contributed by atoms with Crippen molar-refractivity contribution in [1.29, 1.82) is 0 Å². The first-order valence-corrected chi connectivity index (χ1v) is 12.8. The van der Waals surface area contributed by atoms with Crippen molar-refractivity contribution in [1.82, 2.24) is 10.2 Å². The molecule has 0 radical (unpaired) electrons. The van der Waals surface area contributed by atoms with Crippen LogP contribution in [0, 0.1) is 5.92 Å². The van der Waals surface area contributed by atoms with E-state index >= 15 is 0 Å². The Morgan fingerprint density at radius 3 is 2.65 bits per heavy atom. The summed E-state index contributed by atoms with van der Waals surface area (Å²) >= 11 is 7.02. The van der Waals surface area contributed by atoms with E-state index in [1.54, 1.807) is 24.1 Å². The van der Waals surface area contributed by atoms with Gasteiger partial charge in [-0.1, -0.05) is 25.4 Å². The Kier molecular flexibility index (Phi) is 10.2. The molecule has 1 aromatic carbocycles. The van der Waals surface area contributed by atoms with Gasteiger partial charge in [-0.15, -0.1) is 11.3 Å². The van der Waals surface area contributed by atoms with Crippen molar-refractivity contribution < 1.29 is 32.6 Å². The van der Waals surface area contributed by atoms with Gasteiger partial charge in [0.05, 0.1) is 21.5 Å². The van der Waals surface area contributed by atoms with Gasteiger partial charge in [0.25, 0.3) is 11.8 Å². The van der Waals surface area contributed by atoms with Gasteiger partial charge in [0.2, 0.25) is 5.91 Å². The fourth-order valence-electron chi connectivity index (χ4n) is 3.85. The van der Waals surface area contributed by atoms with E-state index in [0.29, 0.717) is 28.1 Å².